The predicted molar refractivity (Wildman–Crippen MR) is 70.0 cm³/mol. The van der Waals surface area contributed by atoms with Gasteiger partial charge in [-0.15, -0.1) is 11.3 Å². The topological polar surface area (TPSA) is 20.3 Å². The summed E-state index contributed by atoms with van der Waals surface area (Å²) in [4.78, 5) is 16.0. The summed E-state index contributed by atoms with van der Waals surface area (Å²) in [6.07, 6.45) is 7.04. The number of carbonyl (C=O) groups is 1. The molecule has 1 atom stereocenters. The minimum atomic E-state index is 0.329. The smallest absolute Gasteiger partial charge is 0.226 e. The van der Waals surface area contributed by atoms with Gasteiger partial charge in [0.25, 0.3) is 0 Å². The van der Waals surface area contributed by atoms with Crippen LogP contribution in [0.15, 0.2) is 17.5 Å². The largest absolute Gasteiger partial charge is 0.335 e. The first-order chi connectivity index (χ1) is 8.36. The first-order valence-corrected chi connectivity index (χ1v) is 7.58. The summed E-state index contributed by atoms with van der Waals surface area (Å²) in [7, 11) is 0. The molecule has 0 bridgehead atoms. The van der Waals surface area contributed by atoms with E-state index in [1.54, 1.807) is 11.3 Å². The average molecular weight is 249 g/mol. The Balaban J connectivity index is 1.75. The average Bonchev–Trinajstić information content (AvgIpc) is 3.09. The Hall–Kier alpha value is -0.830. The van der Waals surface area contributed by atoms with Crippen molar-refractivity contribution >= 4 is 17.2 Å². The van der Waals surface area contributed by atoms with Gasteiger partial charge >= 0.3 is 0 Å². The van der Waals surface area contributed by atoms with Crippen molar-refractivity contribution < 1.29 is 4.79 Å². The third kappa shape index (κ3) is 2.13. The lowest BCUT2D eigenvalue weighted by Crippen LogP contribution is -2.34. The quantitative estimate of drug-likeness (QED) is 0.784. The van der Waals surface area contributed by atoms with E-state index in [1.807, 2.05) is 0 Å². The molecule has 1 saturated carbocycles. The van der Waals surface area contributed by atoms with Crippen molar-refractivity contribution in [1.29, 1.82) is 0 Å². The van der Waals surface area contributed by atoms with Crippen LogP contribution in [0.2, 0.25) is 0 Å². The van der Waals surface area contributed by atoms with Gasteiger partial charge < -0.3 is 4.90 Å². The summed E-state index contributed by atoms with van der Waals surface area (Å²) in [6.45, 7) is 0.970. The van der Waals surface area contributed by atoms with Crippen LogP contribution >= 0.6 is 11.3 Å². The molecule has 1 saturated heterocycles. The number of amides is 1. The van der Waals surface area contributed by atoms with E-state index in [1.165, 1.54) is 24.1 Å². The summed E-state index contributed by atoms with van der Waals surface area (Å²) in [6, 6.07) is 4.65. The zero-order chi connectivity index (χ0) is 11.7. The molecule has 2 fully saturated rings. The number of hydrogen-bond acceptors (Lipinski definition) is 2. The number of rotatable bonds is 2. The highest BCUT2D eigenvalue weighted by atomic mass is 32.1. The van der Waals surface area contributed by atoms with Gasteiger partial charge in [-0.2, -0.15) is 0 Å². The van der Waals surface area contributed by atoms with Gasteiger partial charge in [0.1, 0.15) is 0 Å². The van der Waals surface area contributed by atoms with E-state index in [9.17, 15) is 4.79 Å². The van der Waals surface area contributed by atoms with Gasteiger partial charge in [-0.1, -0.05) is 18.9 Å². The predicted octanol–water partition coefficient (Wildman–Crippen LogP) is 3.60. The lowest BCUT2D eigenvalue weighted by molar-refractivity contribution is -0.136. The second-order valence-corrected chi connectivity index (χ2v) is 6.17. The van der Waals surface area contributed by atoms with Crippen LogP contribution in [0, 0.1) is 5.92 Å². The molecule has 1 aromatic heterocycles. The van der Waals surface area contributed by atoms with Gasteiger partial charge in [0, 0.05) is 17.3 Å². The van der Waals surface area contributed by atoms with Crippen LogP contribution in [0.4, 0.5) is 0 Å². The van der Waals surface area contributed by atoms with E-state index in [0.29, 0.717) is 17.9 Å². The van der Waals surface area contributed by atoms with Crippen LogP contribution in [0.1, 0.15) is 49.4 Å². The van der Waals surface area contributed by atoms with Crippen molar-refractivity contribution in [3.05, 3.63) is 22.4 Å². The van der Waals surface area contributed by atoms with E-state index in [-0.39, 0.29) is 0 Å². The van der Waals surface area contributed by atoms with Gasteiger partial charge in [-0.3, -0.25) is 4.79 Å². The molecule has 3 rings (SSSR count). The molecular formula is C14H19NOS. The number of nitrogens with zero attached hydrogens (tertiary/aromatic N) is 1. The fourth-order valence-corrected chi connectivity index (χ4v) is 4.09. The fraction of sp³-hybridized carbons (Fsp3) is 0.643. The number of hydrogen-bond donors (Lipinski definition) is 0. The van der Waals surface area contributed by atoms with Crippen molar-refractivity contribution in [3.8, 4) is 0 Å². The Morgan fingerprint density at radius 1 is 1.24 bits per heavy atom. The molecule has 1 aliphatic carbocycles. The summed E-state index contributed by atoms with van der Waals surface area (Å²) in [5, 5.41) is 2.12. The third-order valence-corrected chi connectivity index (χ3v) is 5.09. The highest BCUT2D eigenvalue weighted by Gasteiger charge is 2.35. The molecule has 1 unspecified atom stereocenters. The molecule has 0 spiro atoms. The lowest BCUT2D eigenvalue weighted by atomic mass is 10.1. The van der Waals surface area contributed by atoms with Crippen molar-refractivity contribution in [2.45, 2.75) is 44.6 Å². The van der Waals surface area contributed by atoms with Crippen LogP contribution < -0.4 is 0 Å². The Morgan fingerprint density at radius 3 is 2.76 bits per heavy atom. The van der Waals surface area contributed by atoms with Crippen LogP contribution in [0.5, 0.6) is 0 Å². The van der Waals surface area contributed by atoms with Crippen LogP contribution in [-0.4, -0.2) is 17.4 Å². The molecule has 2 heterocycles. The van der Waals surface area contributed by atoms with Gasteiger partial charge in [0.05, 0.1) is 6.04 Å². The molecular weight excluding hydrogens is 230 g/mol. The Morgan fingerprint density at radius 2 is 2.06 bits per heavy atom. The Kier molecular flexibility index (Phi) is 3.19. The third-order valence-electron chi connectivity index (χ3n) is 4.11. The molecule has 92 valence electrons. The van der Waals surface area contributed by atoms with E-state index < -0.39 is 0 Å². The van der Waals surface area contributed by atoms with Crippen LogP contribution in [0.3, 0.4) is 0 Å². The number of carbonyl (C=O) groups excluding carboxylic acids is 1. The molecule has 0 radical (unpaired) electrons. The molecule has 17 heavy (non-hydrogen) atoms. The highest BCUT2D eigenvalue weighted by Crippen LogP contribution is 2.37. The molecule has 0 N–H and O–H groups in total. The number of thiophene rings is 1. The van der Waals surface area contributed by atoms with Crippen LogP contribution in [0.25, 0.3) is 0 Å². The normalized spacial score (nSPS) is 25.6. The van der Waals surface area contributed by atoms with Crippen molar-refractivity contribution in [2.24, 2.45) is 5.92 Å². The first-order valence-electron chi connectivity index (χ1n) is 6.70. The SMILES string of the molecule is O=C(C1CCCC1)N1CCCC1c1cccs1. The minimum Gasteiger partial charge on any atom is -0.335 e. The first kappa shape index (κ1) is 11.3. The fourth-order valence-electron chi connectivity index (χ4n) is 3.21. The van der Waals surface area contributed by atoms with Gasteiger partial charge in [0.15, 0.2) is 0 Å². The lowest BCUT2D eigenvalue weighted by Gasteiger charge is -2.26. The van der Waals surface area contributed by atoms with Gasteiger partial charge in [-0.25, -0.2) is 0 Å². The highest BCUT2D eigenvalue weighted by molar-refractivity contribution is 7.10. The van der Waals surface area contributed by atoms with Gasteiger partial charge in [-0.05, 0) is 37.1 Å². The Labute approximate surface area is 107 Å². The van der Waals surface area contributed by atoms with Gasteiger partial charge in [0.2, 0.25) is 5.91 Å². The van der Waals surface area contributed by atoms with Crippen molar-refractivity contribution in [2.75, 3.05) is 6.54 Å². The zero-order valence-electron chi connectivity index (χ0n) is 10.1. The van der Waals surface area contributed by atoms with Crippen molar-refractivity contribution in [3.63, 3.8) is 0 Å². The summed E-state index contributed by atoms with van der Waals surface area (Å²) in [5.74, 6) is 0.758. The molecule has 1 amide bonds. The maximum Gasteiger partial charge on any atom is 0.226 e. The Bertz CT molecular complexity index is 381. The molecule has 2 aliphatic rings. The molecule has 1 aliphatic heterocycles. The van der Waals surface area contributed by atoms with E-state index >= 15 is 0 Å². The molecule has 1 aromatic rings. The molecule has 3 heteroatoms. The monoisotopic (exact) mass is 249 g/mol. The summed E-state index contributed by atoms with van der Waals surface area (Å²) in [5.41, 5.74) is 0. The second-order valence-electron chi connectivity index (χ2n) is 5.19. The summed E-state index contributed by atoms with van der Waals surface area (Å²) < 4.78 is 0. The maximum absolute atomic E-state index is 12.5. The second kappa shape index (κ2) is 4.81. The van der Waals surface area contributed by atoms with E-state index in [2.05, 4.69) is 22.4 Å². The molecule has 2 nitrogen and oxygen atoms in total. The van der Waals surface area contributed by atoms with Crippen molar-refractivity contribution in [1.82, 2.24) is 4.90 Å². The molecule has 0 aromatic carbocycles. The minimum absolute atomic E-state index is 0.329. The zero-order valence-corrected chi connectivity index (χ0v) is 10.9. The standard InChI is InChI=1S/C14H19NOS/c16-14(11-5-1-2-6-11)15-9-3-7-12(15)13-8-4-10-17-13/h4,8,10-12H,1-3,5-7,9H2. The summed E-state index contributed by atoms with van der Waals surface area (Å²) >= 11 is 1.79. The maximum atomic E-state index is 12.5. The van der Waals surface area contributed by atoms with E-state index in [0.717, 1.165) is 25.8 Å². The number of likely N-dealkylation sites (tertiary alicyclic amines) is 1. The van der Waals surface area contributed by atoms with Crippen LogP contribution in [-0.2, 0) is 4.79 Å². The van der Waals surface area contributed by atoms with E-state index in [4.69, 9.17) is 0 Å².